The lowest BCUT2D eigenvalue weighted by Crippen LogP contribution is -2.38. The van der Waals surface area contributed by atoms with Crippen molar-refractivity contribution >= 4 is 11.6 Å². The van der Waals surface area contributed by atoms with E-state index in [1.807, 2.05) is 31.3 Å². The van der Waals surface area contributed by atoms with E-state index >= 15 is 0 Å². The summed E-state index contributed by atoms with van der Waals surface area (Å²) >= 11 is 0. The monoisotopic (exact) mass is 275 g/mol. The highest BCUT2D eigenvalue weighted by molar-refractivity contribution is 5.94. The first-order valence-electron chi connectivity index (χ1n) is 7.51. The van der Waals surface area contributed by atoms with Gasteiger partial charge in [-0.2, -0.15) is 0 Å². The van der Waals surface area contributed by atoms with Gasteiger partial charge in [-0.25, -0.2) is 0 Å². The second-order valence-electron chi connectivity index (χ2n) is 5.42. The molecule has 2 rings (SSSR count). The Bertz CT molecular complexity index is 422. The van der Waals surface area contributed by atoms with Crippen LogP contribution in [0.5, 0.6) is 0 Å². The molecule has 1 amide bonds. The van der Waals surface area contributed by atoms with E-state index in [2.05, 4.69) is 22.5 Å². The van der Waals surface area contributed by atoms with Crippen LogP contribution in [0, 0.1) is 5.92 Å². The Kier molecular flexibility index (Phi) is 5.41. The molecule has 4 heteroatoms. The fourth-order valence-corrected chi connectivity index (χ4v) is 2.63. The van der Waals surface area contributed by atoms with E-state index in [-0.39, 0.29) is 5.91 Å². The molecule has 0 aromatic heterocycles. The van der Waals surface area contributed by atoms with Gasteiger partial charge in [0.2, 0.25) is 0 Å². The van der Waals surface area contributed by atoms with E-state index in [9.17, 15) is 4.79 Å². The van der Waals surface area contributed by atoms with Crippen molar-refractivity contribution in [1.29, 1.82) is 0 Å². The number of piperidine rings is 1. The third-order valence-corrected chi connectivity index (χ3v) is 4.14. The van der Waals surface area contributed by atoms with Gasteiger partial charge in [0, 0.05) is 24.8 Å². The van der Waals surface area contributed by atoms with E-state index in [4.69, 9.17) is 0 Å². The Morgan fingerprint density at radius 3 is 2.45 bits per heavy atom. The summed E-state index contributed by atoms with van der Waals surface area (Å²) in [5.74, 6) is 0.656. The molecule has 1 saturated heterocycles. The van der Waals surface area contributed by atoms with Crippen molar-refractivity contribution in [3.63, 3.8) is 0 Å². The van der Waals surface area contributed by atoms with Crippen LogP contribution >= 0.6 is 0 Å². The SMILES string of the molecule is CCN1CCC(CNC(=O)c2ccc(NC)cc2)CC1. The zero-order valence-electron chi connectivity index (χ0n) is 12.5. The number of likely N-dealkylation sites (tertiary alicyclic amines) is 1. The quantitative estimate of drug-likeness (QED) is 0.866. The van der Waals surface area contributed by atoms with E-state index in [0.717, 1.165) is 37.4 Å². The predicted octanol–water partition coefficient (Wildman–Crippen LogP) is 2.19. The molecule has 0 unspecified atom stereocenters. The number of carbonyl (C=O) groups is 1. The number of benzene rings is 1. The number of nitrogens with one attached hydrogen (secondary N) is 2. The van der Waals surface area contributed by atoms with Crippen LogP contribution in [0.25, 0.3) is 0 Å². The molecule has 2 N–H and O–H groups in total. The average Bonchev–Trinajstić information content (AvgIpc) is 2.53. The molecule has 1 aliphatic heterocycles. The number of carbonyl (C=O) groups excluding carboxylic acids is 1. The van der Waals surface area contributed by atoms with Crippen molar-refractivity contribution < 1.29 is 4.79 Å². The molecule has 1 aromatic carbocycles. The fourth-order valence-electron chi connectivity index (χ4n) is 2.63. The molecule has 20 heavy (non-hydrogen) atoms. The third-order valence-electron chi connectivity index (χ3n) is 4.14. The first-order chi connectivity index (χ1) is 9.72. The summed E-state index contributed by atoms with van der Waals surface area (Å²) in [4.78, 5) is 14.5. The largest absolute Gasteiger partial charge is 0.388 e. The van der Waals surface area contributed by atoms with Crippen molar-refractivity contribution in [2.24, 2.45) is 5.92 Å². The highest BCUT2D eigenvalue weighted by atomic mass is 16.1. The van der Waals surface area contributed by atoms with Gasteiger partial charge in [0.05, 0.1) is 0 Å². The summed E-state index contributed by atoms with van der Waals surface area (Å²) in [6, 6.07) is 7.57. The Labute approximate surface area is 121 Å². The van der Waals surface area contributed by atoms with Crippen LogP contribution in [-0.4, -0.2) is 44.0 Å². The van der Waals surface area contributed by atoms with Gasteiger partial charge < -0.3 is 15.5 Å². The average molecular weight is 275 g/mol. The molecule has 0 aliphatic carbocycles. The molecule has 110 valence electrons. The van der Waals surface area contributed by atoms with Gasteiger partial charge in [-0.1, -0.05) is 6.92 Å². The lowest BCUT2D eigenvalue weighted by atomic mass is 9.97. The second kappa shape index (κ2) is 7.29. The molecule has 4 nitrogen and oxygen atoms in total. The maximum atomic E-state index is 12.1. The second-order valence-corrected chi connectivity index (χ2v) is 5.42. The van der Waals surface area contributed by atoms with E-state index < -0.39 is 0 Å². The van der Waals surface area contributed by atoms with Crippen LogP contribution in [-0.2, 0) is 0 Å². The standard InChI is InChI=1S/C16H25N3O/c1-3-19-10-8-13(9-11-19)12-18-16(20)14-4-6-15(17-2)7-5-14/h4-7,13,17H,3,8-12H2,1-2H3,(H,18,20). The lowest BCUT2D eigenvalue weighted by molar-refractivity contribution is 0.0937. The Morgan fingerprint density at radius 2 is 1.90 bits per heavy atom. The first-order valence-corrected chi connectivity index (χ1v) is 7.51. The predicted molar refractivity (Wildman–Crippen MR) is 83.2 cm³/mol. The van der Waals surface area contributed by atoms with Crippen LogP contribution in [0.1, 0.15) is 30.1 Å². The maximum absolute atomic E-state index is 12.1. The van der Waals surface area contributed by atoms with Crippen LogP contribution in [0.2, 0.25) is 0 Å². The van der Waals surface area contributed by atoms with Gasteiger partial charge in [-0.05, 0) is 62.7 Å². The first kappa shape index (κ1) is 14.9. The smallest absolute Gasteiger partial charge is 0.251 e. The molecule has 0 spiro atoms. The Morgan fingerprint density at radius 1 is 1.25 bits per heavy atom. The number of amides is 1. The maximum Gasteiger partial charge on any atom is 0.251 e. The Balaban J connectivity index is 1.77. The molecule has 1 aromatic rings. The van der Waals surface area contributed by atoms with Gasteiger partial charge in [0.1, 0.15) is 0 Å². The summed E-state index contributed by atoms with van der Waals surface area (Å²) in [5, 5.41) is 6.11. The van der Waals surface area contributed by atoms with Gasteiger partial charge in [-0.3, -0.25) is 4.79 Å². The van der Waals surface area contributed by atoms with Gasteiger partial charge >= 0.3 is 0 Å². The number of nitrogens with zero attached hydrogens (tertiary/aromatic N) is 1. The summed E-state index contributed by atoms with van der Waals surface area (Å²) < 4.78 is 0. The highest BCUT2D eigenvalue weighted by Crippen LogP contribution is 2.16. The molecule has 0 saturated carbocycles. The van der Waals surface area contributed by atoms with E-state index in [1.54, 1.807) is 0 Å². The number of rotatable bonds is 5. The minimum absolute atomic E-state index is 0.0329. The van der Waals surface area contributed by atoms with Crippen LogP contribution in [0.3, 0.4) is 0 Å². The van der Waals surface area contributed by atoms with Crippen molar-refractivity contribution in [2.75, 3.05) is 38.5 Å². The molecule has 1 heterocycles. The molecule has 1 fully saturated rings. The summed E-state index contributed by atoms with van der Waals surface area (Å²) in [7, 11) is 1.87. The number of anilines is 1. The third kappa shape index (κ3) is 3.97. The summed E-state index contributed by atoms with van der Waals surface area (Å²) in [6.07, 6.45) is 2.37. The van der Waals surface area contributed by atoms with Gasteiger partial charge in [0.25, 0.3) is 5.91 Å². The number of hydrogen-bond donors (Lipinski definition) is 2. The zero-order valence-corrected chi connectivity index (χ0v) is 12.5. The van der Waals surface area contributed by atoms with Crippen LogP contribution < -0.4 is 10.6 Å². The summed E-state index contributed by atoms with van der Waals surface area (Å²) in [5.41, 5.74) is 1.75. The highest BCUT2D eigenvalue weighted by Gasteiger charge is 2.18. The minimum Gasteiger partial charge on any atom is -0.388 e. The van der Waals surface area contributed by atoms with Gasteiger partial charge in [-0.15, -0.1) is 0 Å². The zero-order chi connectivity index (χ0) is 14.4. The summed E-state index contributed by atoms with van der Waals surface area (Å²) in [6.45, 7) is 6.46. The van der Waals surface area contributed by atoms with Crippen molar-refractivity contribution in [2.45, 2.75) is 19.8 Å². The molecule has 1 aliphatic rings. The molecular formula is C16H25N3O. The van der Waals surface area contributed by atoms with Gasteiger partial charge in [0.15, 0.2) is 0 Å². The lowest BCUT2D eigenvalue weighted by Gasteiger charge is -2.31. The minimum atomic E-state index is 0.0329. The van der Waals surface area contributed by atoms with E-state index in [0.29, 0.717) is 5.92 Å². The van der Waals surface area contributed by atoms with Crippen LogP contribution in [0.4, 0.5) is 5.69 Å². The molecule has 0 bridgehead atoms. The molecular weight excluding hydrogens is 250 g/mol. The van der Waals surface area contributed by atoms with Crippen molar-refractivity contribution in [1.82, 2.24) is 10.2 Å². The fraction of sp³-hybridized carbons (Fsp3) is 0.562. The van der Waals surface area contributed by atoms with E-state index in [1.165, 1.54) is 12.8 Å². The van der Waals surface area contributed by atoms with Crippen molar-refractivity contribution in [3.05, 3.63) is 29.8 Å². The van der Waals surface area contributed by atoms with Crippen molar-refractivity contribution in [3.8, 4) is 0 Å². The molecule has 0 atom stereocenters. The molecule has 0 radical (unpaired) electrons. The van der Waals surface area contributed by atoms with Crippen LogP contribution in [0.15, 0.2) is 24.3 Å². The number of hydrogen-bond acceptors (Lipinski definition) is 3. The Hall–Kier alpha value is -1.55. The normalized spacial score (nSPS) is 16.9. The topological polar surface area (TPSA) is 44.4 Å².